The molecular weight excluding hydrogens is 709 g/mol. The van der Waals surface area contributed by atoms with Crippen molar-refractivity contribution in [2.24, 2.45) is 0 Å². The van der Waals surface area contributed by atoms with Crippen LogP contribution in [0.15, 0.2) is 194 Å². The first kappa shape index (κ1) is 34.4. The van der Waals surface area contributed by atoms with Gasteiger partial charge in [-0.25, -0.2) is 24.9 Å². The smallest absolute Gasteiger partial charge is 0.164 e. The second-order valence-corrected chi connectivity index (χ2v) is 14.1. The Balaban J connectivity index is 1.04. The quantitative estimate of drug-likeness (QED) is 0.151. The summed E-state index contributed by atoms with van der Waals surface area (Å²) in [5.74, 6) is 1.78. The zero-order chi connectivity index (χ0) is 38.8. The molecule has 0 radical (unpaired) electrons. The van der Waals surface area contributed by atoms with Gasteiger partial charge in [0.05, 0.1) is 34.1 Å². The third-order valence-electron chi connectivity index (χ3n) is 10.4. The Bertz CT molecular complexity index is 3050. The van der Waals surface area contributed by atoms with Crippen molar-refractivity contribution in [3.8, 4) is 85.0 Å². The van der Waals surface area contributed by atoms with Crippen molar-refractivity contribution in [1.82, 2.24) is 24.9 Å². The van der Waals surface area contributed by atoms with Crippen molar-refractivity contribution in [1.29, 1.82) is 5.26 Å². The van der Waals surface area contributed by atoms with E-state index >= 15 is 0 Å². The molecule has 7 aromatic carbocycles. The van der Waals surface area contributed by atoms with Crippen LogP contribution in [0.25, 0.3) is 101 Å². The molecule has 0 aliphatic carbocycles. The van der Waals surface area contributed by atoms with Gasteiger partial charge < -0.3 is 0 Å². The molecule has 0 fully saturated rings. The fourth-order valence-corrected chi connectivity index (χ4v) is 7.29. The largest absolute Gasteiger partial charge is 0.245 e. The third kappa shape index (κ3) is 6.74. The summed E-state index contributed by atoms with van der Waals surface area (Å²) in [5, 5.41) is 11.3. The molecule has 0 atom stereocenters. The van der Waals surface area contributed by atoms with Crippen molar-refractivity contribution in [2.45, 2.75) is 0 Å². The van der Waals surface area contributed by atoms with E-state index in [9.17, 15) is 5.26 Å². The maximum absolute atomic E-state index is 9.26. The minimum atomic E-state index is 0.582. The van der Waals surface area contributed by atoms with E-state index in [1.54, 1.807) is 0 Å². The number of nitrogens with zero attached hydrogens (tertiary/aromatic N) is 6. The number of rotatable bonds is 7. The van der Waals surface area contributed by atoms with E-state index in [-0.39, 0.29) is 0 Å². The van der Waals surface area contributed by atoms with Crippen LogP contribution in [0.4, 0.5) is 0 Å². The number of hydrogen-bond acceptors (Lipinski definition) is 6. The van der Waals surface area contributed by atoms with Crippen molar-refractivity contribution in [2.75, 3.05) is 0 Å². The highest BCUT2D eigenvalue weighted by Crippen LogP contribution is 2.32. The van der Waals surface area contributed by atoms with Gasteiger partial charge in [0, 0.05) is 38.6 Å². The predicted molar refractivity (Wildman–Crippen MR) is 233 cm³/mol. The number of fused-ring (bicyclic) bond motifs is 3. The van der Waals surface area contributed by atoms with Gasteiger partial charge in [0.15, 0.2) is 17.5 Å². The van der Waals surface area contributed by atoms with E-state index in [1.807, 2.05) is 72.8 Å². The van der Waals surface area contributed by atoms with Gasteiger partial charge in [-0.2, -0.15) is 5.26 Å². The fraction of sp³-hybridized carbons (Fsp3) is 0. The minimum Gasteiger partial charge on any atom is -0.245 e. The molecule has 10 rings (SSSR count). The van der Waals surface area contributed by atoms with Gasteiger partial charge in [0.25, 0.3) is 0 Å². The molecule has 0 amide bonds. The Labute approximate surface area is 335 Å². The molecule has 10 aromatic rings. The zero-order valence-electron chi connectivity index (χ0n) is 31.2. The zero-order valence-corrected chi connectivity index (χ0v) is 31.2. The van der Waals surface area contributed by atoms with Gasteiger partial charge in [-0.3, -0.25) is 0 Å². The Hall–Kier alpha value is -8.14. The second kappa shape index (κ2) is 14.8. The SMILES string of the molecule is N#Cc1ccc(-c2ccc3ccc4ccc(-c5ccc(-c6nc(-c7cccc(-c8ccccc8)c7)nc(-c7cccc(-c8ccccc8)c7)n6)cc5)nc4c3n2)cc1. The lowest BCUT2D eigenvalue weighted by molar-refractivity contribution is 1.07. The summed E-state index contributed by atoms with van der Waals surface area (Å²) in [4.78, 5) is 25.4. The lowest BCUT2D eigenvalue weighted by atomic mass is 10.0. The van der Waals surface area contributed by atoms with E-state index in [4.69, 9.17) is 24.9 Å². The molecule has 0 aliphatic heterocycles. The number of nitriles is 1. The highest BCUT2D eigenvalue weighted by molar-refractivity contribution is 6.04. The van der Waals surface area contributed by atoms with Crippen molar-refractivity contribution < 1.29 is 0 Å². The Morgan fingerprint density at radius 2 is 0.672 bits per heavy atom. The van der Waals surface area contributed by atoms with E-state index in [2.05, 4.69) is 127 Å². The summed E-state index contributed by atoms with van der Waals surface area (Å²) in [5.41, 5.74) is 13.0. The summed E-state index contributed by atoms with van der Waals surface area (Å²) >= 11 is 0. The fourth-order valence-electron chi connectivity index (χ4n) is 7.29. The van der Waals surface area contributed by atoms with Crippen LogP contribution in [0.5, 0.6) is 0 Å². The number of pyridine rings is 2. The monoisotopic (exact) mass is 740 g/mol. The van der Waals surface area contributed by atoms with Crippen LogP contribution in [0.3, 0.4) is 0 Å². The summed E-state index contributed by atoms with van der Waals surface area (Å²) in [7, 11) is 0. The van der Waals surface area contributed by atoms with Crippen LogP contribution in [0.2, 0.25) is 0 Å². The van der Waals surface area contributed by atoms with Gasteiger partial charge >= 0.3 is 0 Å². The van der Waals surface area contributed by atoms with Crippen LogP contribution in [0.1, 0.15) is 5.56 Å². The third-order valence-corrected chi connectivity index (χ3v) is 10.4. The second-order valence-electron chi connectivity index (χ2n) is 14.1. The average molecular weight is 741 g/mol. The van der Waals surface area contributed by atoms with Crippen molar-refractivity contribution >= 4 is 21.8 Å². The summed E-state index contributed by atoms with van der Waals surface area (Å²) in [6.07, 6.45) is 0. The molecule has 3 aromatic heterocycles. The maximum Gasteiger partial charge on any atom is 0.164 e. The molecule has 0 bridgehead atoms. The van der Waals surface area contributed by atoms with Crippen LogP contribution >= 0.6 is 0 Å². The van der Waals surface area contributed by atoms with Gasteiger partial charge in [-0.1, -0.05) is 158 Å². The molecule has 0 N–H and O–H groups in total. The standard InChI is InChI=1S/C52H32N6/c53-33-34-17-19-37(20-18-34)46-29-27-39-23-24-40-28-30-47(55-49(40)48(39)54-46)38-21-25-41(26-22-38)50-56-51(44-15-7-13-42(31-44)35-9-3-1-4-10-35)58-52(57-50)45-16-8-14-43(32-45)36-11-5-2-6-12-36/h1-32H. The molecule has 0 spiro atoms. The first-order valence-electron chi connectivity index (χ1n) is 19.0. The Morgan fingerprint density at radius 1 is 0.293 bits per heavy atom. The molecule has 270 valence electrons. The Kier molecular flexibility index (Phi) is 8.79. The summed E-state index contributed by atoms with van der Waals surface area (Å²) in [6.45, 7) is 0. The number of hydrogen-bond donors (Lipinski definition) is 0. The highest BCUT2D eigenvalue weighted by Gasteiger charge is 2.15. The molecule has 3 heterocycles. The van der Waals surface area contributed by atoms with E-state index < -0.39 is 0 Å². The van der Waals surface area contributed by atoms with Crippen LogP contribution in [-0.4, -0.2) is 24.9 Å². The van der Waals surface area contributed by atoms with Gasteiger partial charge in [0.1, 0.15) is 0 Å². The van der Waals surface area contributed by atoms with Crippen molar-refractivity contribution in [3.63, 3.8) is 0 Å². The molecule has 6 nitrogen and oxygen atoms in total. The average Bonchev–Trinajstić information content (AvgIpc) is 3.31. The lowest BCUT2D eigenvalue weighted by Gasteiger charge is -2.11. The maximum atomic E-state index is 9.26. The molecule has 0 saturated carbocycles. The molecule has 6 heteroatoms. The topological polar surface area (TPSA) is 88.2 Å². The van der Waals surface area contributed by atoms with Crippen LogP contribution in [0, 0.1) is 11.3 Å². The summed E-state index contributed by atoms with van der Waals surface area (Å²) < 4.78 is 0. The van der Waals surface area contributed by atoms with E-state index in [0.29, 0.717) is 23.0 Å². The highest BCUT2D eigenvalue weighted by atomic mass is 15.0. The normalized spacial score (nSPS) is 11.1. The molecule has 58 heavy (non-hydrogen) atoms. The van der Waals surface area contributed by atoms with E-state index in [1.165, 1.54) is 0 Å². The molecule has 0 unspecified atom stereocenters. The predicted octanol–water partition coefficient (Wildman–Crippen LogP) is 12.5. The minimum absolute atomic E-state index is 0.582. The van der Waals surface area contributed by atoms with Gasteiger partial charge in [-0.15, -0.1) is 0 Å². The Morgan fingerprint density at radius 3 is 1.14 bits per heavy atom. The van der Waals surface area contributed by atoms with Crippen LogP contribution in [-0.2, 0) is 0 Å². The lowest BCUT2D eigenvalue weighted by Crippen LogP contribution is -2.00. The first-order valence-corrected chi connectivity index (χ1v) is 19.0. The number of benzene rings is 7. The van der Waals surface area contributed by atoms with Gasteiger partial charge in [0.2, 0.25) is 0 Å². The summed E-state index contributed by atoms with van der Waals surface area (Å²) in [6, 6.07) is 67.7. The van der Waals surface area contributed by atoms with Crippen molar-refractivity contribution in [3.05, 3.63) is 200 Å². The van der Waals surface area contributed by atoms with Gasteiger partial charge in [-0.05, 0) is 58.7 Å². The molecule has 0 aliphatic rings. The van der Waals surface area contributed by atoms with Crippen LogP contribution < -0.4 is 0 Å². The number of aromatic nitrogens is 5. The first-order chi connectivity index (χ1) is 28.6. The molecular formula is C52H32N6. The van der Waals surface area contributed by atoms with E-state index in [0.717, 1.165) is 83.3 Å². The molecule has 0 saturated heterocycles.